The highest BCUT2D eigenvalue weighted by Crippen LogP contribution is 2.26. The molecule has 4 nitrogen and oxygen atoms in total. The minimum Gasteiger partial charge on any atom is -0.491 e. The molecule has 2 aliphatic rings. The highest BCUT2D eigenvalue weighted by atomic mass is 16.6. The Balaban J connectivity index is 0.000000574. The summed E-state index contributed by atoms with van der Waals surface area (Å²) in [5.41, 5.74) is 8.21. The predicted molar refractivity (Wildman–Crippen MR) is 72.2 cm³/mol. The fourth-order valence-corrected chi connectivity index (χ4v) is 2.38. The first kappa shape index (κ1) is 13.4. The summed E-state index contributed by atoms with van der Waals surface area (Å²) >= 11 is 0. The molecular weight excluding hydrogens is 229 g/mol. The van der Waals surface area contributed by atoms with Crippen molar-refractivity contribution < 1.29 is 14.0 Å². The molecule has 98 valence electrons. The summed E-state index contributed by atoms with van der Waals surface area (Å²) < 4.78 is 17.2. The zero-order chi connectivity index (χ0) is 13.1. The Kier molecular flexibility index (Phi) is 4.27. The maximum Gasteiger partial charge on any atom is 0.498 e. The van der Waals surface area contributed by atoms with Crippen LogP contribution in [-0.2, 0) is 22.3 Å². The van der Waals surface area contributed by atoms with Gasteiger partial charge < -0.3 is 19.8 Å². The summed E-state index contributed by atoms with van der Waals surface area (Å²) in [5.74, 6) is 0.930. The Labute approximate surface area is 109 Å². The second-order valence-electron chi connectivity index (χ2n) is 4.37. The first-order valence-electron chi connectivity index (χ1n) is 6.42. The van der Waals surface area contributed by atoms with Gasteiger partial charge in [0.2, 0.25) is 0 Å². The van der Waals surface area contributed by atoms with Gasteiger partial charge in [-0.1, -0.05) is 13.0 Å². The summed E-state index contributed by atoms with van der Waals surface area (Å²) in [7, 11) is 1.27. The molecule has 1 unspecified atom stereocenters. The van der Waals surface area contributed by atoms with E-state index >= 15 is 0 Å². The van der Waals surface area contributed by atoms with Crippen molar-refractivity contribution in [2.45, 2.75) is 33.0 Å². The second kappa shape index (κ2) is 5.74. The average Bonchev–Trinajstić information content (AvgIpc) is 2.75. The van der Waals surface area contributed by atoms with Gasteiger partial charge in [0.05, 0.1) is 12.7 Å². The molecule has 5 heteroatoms. The van der Waals surface area contributed by atoms with Crippen LogP contribution in [0.4, 0.5) is 0 Å². The standard InChI is InChI=1S/C12H15BO3.CH5N/c1-3-9-4-5-11-12-10(9)7-15-13(12)16-8(2)6-14-11;1-2/h4-5,8H,3,6-7H2,1-2H3;2H2,1H3. The monoisotopic (exact) mass is 249 g/mol. The molecule has 0 saturated heterocycles. The van der Waals surface area contributed by atoms with Crippen molar-refractivity contribution in [1.29, 1.82) is 0 Å². The van der Waals surface area contributed by atoms with Crippen LogP contribution >= 0.6 is 0 Å². The van der Waals surface area contributed by atoms with E-state index in [2.05, 4.69) is 18.7 Å². The van der Waals surface area contributed by atoms with Gasteiger partial charge in [0, 0.05) is 5.46 Å². The molecule has 2 N–H and O–H groups in total. The summed E-state index contributed by atoms with van der Waals surface area (Å²) in [4.78, 5) is 0. The molecule has 1 aromatic carbocycles. The van der Waals surface area contributed by atoms with Crippen molar-refractivity contribution in [1.82, 2.24) is 0 Å². The first-order chi connectivity index (χ1) is 8.79. The molecule has 0 radical (unpaired) electrons. The molecule has 0 amide bonds. The summed E-state index contributed by atoms with van der Waals surface area (Å²) in [6.07, 6.45) is 1.10. The smallest absolute Gasteiger partial charge is 0.491 e. The number of aryl methyl sites for hydroxylation is 1. The van der Waals surface area contributed by atoms with Crippen LogP contribution in [0.1, 0.15) is 25.0 Å². The van der Waals surface area contributed by atoms with Crippen LogP contribution in [-0.4, -0.2) is 26.9 Å². The van der Waals surface area contributed by atoms with Crippen LogP contribution in [0.3, 0.4) is 0 Å². The molecule has 0 spiro atoms. The predicted octanol–water partition coefficient (Wildman–Crippen LogP) is 0.847. The molecule has 18 heavy (non-hydrogen) atoms. The number of benzene rings is 1. The normalized spacial score (nSPS) is 20.4. The number of hydrogen-bond donors (Lipinski definition) is 1. The van der Waals surface area contributed by atoms with Crippen LogP contribution in [0, 0.1) is 0 Å². The van der Waals surface area contributed by atoms with E-state index in [1.54, 1.807) is 0 Å². The lowest BCUT2D eigenvalue weighted by Crippen LogP contribution is -2.34. The fourth-order valence-electron chi connectivity index (χ4n) is 2.38. The zero-order valence-electron chi connectivity index (χ0n) is 11.2. The van der Waals surface area contributed by atoms with Gasteiger partial charge >= 0.3 is 7.12 Å². The van der Waals surface area contributed by atoms with E-state index < -0.39 is 0 Å². The molecule has 0 aliphatic carbocycles. The van der Waals surface area contributed by atoms with Crippen LogP contribution in [0.5, 0.6) is 5.75 Å². The molecule has 3 rings (SSSR count). The number of nitrogens with two attached hydrogens (primary N) is 1. The van der Waals surface area contributed by atoms with Crippen molar-refractivity contribution in [2.24, 2.45) is 5.73 Å². The second-order valence-corrected chi connectivity index (χ2v) is 4.37. The summed E-state index contributed by atoms with van der Waals surface area (Å²) in [6.45, 7) is 5.41. The first-order valence-corrected chi connectivity index (χ1v) is 6.42. The molecule has 1 atom stereocenters. The lowest BCUT2D eigenvalue weighted by atomic mass is 9.76. The third-order valence-electron chi connectivity index (χ3n) is 3.24. The van der Waals surface area contributed by atoms with Gasteiger partial charge in [-0.05, 0) is 37.6 Å². The Bertz CT molecular complexity index is 425. The van der Waals surface area contributed by atoms with E-state index in [1.165, 1.54) is 18.2 Å². The maximum atomic E-state index is 5.79. The Hall–Kier alpha value is -1.04. The van der Waals surface area contributed by atoms with Crippen molar-refractivity contribution in [3.63, 3.8) is 0 Å². The van der Waals surface area contributed by atoms with Crippen LogP contribution < -0.4 is 15.9 Å². The van der Waals surface area contributed by atoms with Crippen molar-refractivity contribution in [3.05, 3.63) is 23.3 Å². The molecule has 0 bridgehead atoms. The summed E-state index contributed by atoms with van der Waals surface area (Å²) in [6, 6.07) is 4.18. The number of hydrogen-bond acceptors (Lipinski definition) is 4. The van der Waals surface area contributed by atoms with Crippen molar-refractivity contribution in [2.75, 3.05) is 13.7 Å². The van der Waals surface area contributed by atoms with Crippen LogP contribution in [0.15, 0.2) is 12.1 Å². The van der Waals surface area contributed by atoms with Crippen molar-refractivity contribution in [3.8, 4) is 5.75 Å². The molecule has 1 aromatic rings. The van der Waals surface area contributed by atoms with Gasteiger partial charge in [-0.2, -0.15) is 0 Å². The fraction of sp³-hybridized carbons (Fsp3) is 0.538. The van der Waals surface area contributed by atoms with Gasteiger partial charge in [0.15, 0.2) is 0 Å². The minimum atomic E-state index is -0.228. The molecule has 0 aromatic heterocycles. The molecule has 0 saturated carbocycles. The van der Waals surface area contributed by atoms with Gasteiger partial charge in [0.1, 0.15) is 12.4 Å². The number of rotatable bonds is 1. The van der Waals surface area contributed by atoms with Crippen LogP contribution in [0.2, 0.25) is 0 Å². The molecule has 2 heterocycles. The summed E-state index contributed by atoms with van der Waals surface area (Å²) in [5, 5.41) is 0. The van der Waals surface area contributed by atoms with E-state index in [0.29, 0.717) is 13.2 Å². The lowest BCUT2D eigenvalue weighted by molar-refractivity contribution is 0.117. The average molecular weight is 249 g/mol. The van der Waals surface area contributed by atoms with E-state index in [-0.39, 0.29) is 13.2 Å². The van der Waals surface area contributed by atoms with Crippen molar-refractivity contribution >= 4 is 12.6 Å². The topological polar surface area (TPSA) is 53.7 Å². The lowest BCUT2D eigenvalue weighted by Gasteiger charge is -2.11. The largest absolute Gasteiger partial charge is 0.498 e. The Morgan fingerprint density at radius 3 is 2.89 bits per heavy atom. The quantitative estimate of drug-likeness (QED) is 0.749. The van der Waals surface area contributed by atoms with E-state index in [4.69, 9.17) is 14.0 Å². The Morgan fingerprint density at radius 2 is 2.17 bits per heavy atom. The Morgan fingerprint density at radius 1 is 1.39 bits per heavy atom. The maximum absolute atomic E-state index is 5.79. The highest BCUT2D eigenvalue weighted by molar-refractivity contribution is 6.64. The highest BCUT2D eigenvalue weighted by Gasteiger charge is 2.38. The molecule has 0 fully saturated rings. The third-order valence-corrected chi connectivity index (χ3v) is 3.24. The number of ether oxygens (including phenoxy) is 1. The van der Waals surface area contributed by atoms with Crippen LogP contribution in [0.25, 0.3) is 0 Å². The third kappa shape index (κ3) is 2.26. The molecular formula is C13H20BNO3. The zero-order valence-corrected chi connectivity index (χ0v) is 11.2. The van der Waals surface area contributed by atoms with Gasteiger partial charge in [-0.15, -0.1) is 0 Å². The molecule has 2 aliphatic heterocycles. The van der Waals surface area contributed by atoms with E-state index in [9.17, 15) is 0 Å². The minimum absolute atomic E-state index is 0.0772. The van der Waals surface area contributed by atoms with Gasteiger partial charge in [0.25, 0.3) is 0 Å². The van der Waals surface area contributed by atoms with E-state index in [0.717, 1.165) is 17.6 Å². The SMILES string of the molecule is CCc1ccc2c3c1COB3OC(C)CO2.CN. The van der Waals surface area contributed by atoms with Gasteiger partial charge in [-0.25, -0.2) is 0 Å². The van der Waals surface area contributed by atoms with Gasteiger partial charge in [-0.3, -0.25) is 0 Å². The van der Waals surface area contributed by atoms with E-state index in [1.807, 2.05) is 13.0 Å².